The van der Waals surface area contributed by atoms with Crippen molar-refractivity contribution < 1.29 is 9.90 Å². The Morgan fingerprint density at radius 2 is 2.26 bits per heavy atom. The summed E-state index contributed by atoms with van der Waals surface area (Å²) in [5.74, 6) is -0.577. The maximum absolute atomic E-state index is 11.7. The third kappa shape index (κ3) is 1.90. The lowest BCUT2D eigenvalue weighted by Crippen LogP contribution is -2.55. The first-order valence-electron chi connectivity index (χ1n) is 6.49. The average molecular weight is 259 g/mol. The highest BCUT2D eigenvalue weighted by Gasteiger charge is 2.50. The molecule has 19 heavy (non-hydrogen) atoms. The predicted octanol–water partition coefficient (Wildman–Crippen LogP) is 1.49. The Labute approximate surface area is 111 Å². The van der Waals surface area contributed by atoms with Crippen molar-refractivity contribution in [2.45, 2.75) is 24.9 Å². The van der Waals surface area contributed by atoms with Crippen molar-refractivity contribution in [3.8, 4) is 0 Å². The number of aliphatic carboxylic acids is 1. The van der Waals surface area contributed by atoms with E-state index in [1.54, 1.807) is 13.4 Å². The monoisotopic (exact) mass is 259 g/mol. The molecule has 100 valence electrons. The van der Waals surface area contributed by atoms with Gasteiger partial charge in [0.25, 0.3) is 0 Å². The summed E-state index contributed by atoms with van der Waals surface area (Å²) in [7, 11) is 1.73. The number of carbonyl (C=O) groups is 1. The van der Waals surface area contributed by atoms with Crippen molar-refractivity contribution >= 4 is 17.0 Å². The van der Waals surface area contributed by atoms with Crippen molar-refractivity contribution in [1.82, 2.24) is 14.9 Å². The van der Waals surface area contributed by atoms with E-state index in [1.807, 2.05) is 28.8 Å². The van der Waals surface area contributed by atoms with Crippen LogP contribution >= 0.6 is 0 Å². The molecular formula is C14H17N3O2. The van der Waals surface area contributed by atoms with Crippen LogP contribution < -0.4 is 5.32 Å². The van der Waals surface area contributed by atoms with Gasteiger partial charge in [-0.05, 0) is 37.9 Å². The number of hydrogen-bond acceptors (Lipinski definition) is 3. The van der Waals surface area contributed by atoms with E-state index >= 15 is 0 Å². The Kier molecular flexibility index (Phi) is 2.78. The molecule has 0 saturated heterocycles. The van der Waals surface area contributed by atoms with Crippen LogP contribution in [0, 0.1) is 5.92 Å². The molecule has 1 aromatic heterocycles. The van der Waals surface area contributed by atoms with Crippen LogP contribution in [-0.4, -0.2) is 33.2 Å². The second-order valence-electron chi connectivity index (χ2n) is 5.16. The summed E-state index contributed by atoms with van der Waals surface area (Å²) in [5.41, 5.74) is 0.987. The lowest BCUT2D eigenvalue weighted by atomic mass is 9.93. The van der Waals surface area contributed by atoms with E-state index in [9.17, 15) is 9.90 Å². The van der Waals surface area contributed by atoms with E-state index in [0.717, 1.165) is 23.9 Å². The molecule has 0 radical (unpaired) electrons. The van der Waals surface area contributed by atoms with Crippen LogP contribution in [0.3, 0.4) is 0 Å². The number of imidazole rings is 1. The zero-order valence-corrected chi connectivity index (χ0v) is 10.8. The summed E-state index contributed by atoms with van der Waals surface area (Å²) in [6.45, 7) is 0.407. The van der Waals surface area contributed by atoms with Crippen LogP contribution in [0.4, 0.5) is 0 Å². The minimum atomic E-state index is -0.885. The molecule has 0 bridgehead atoms. The number of rotatable bonds is 5. The van der Waals surface area contributed by atoms with Gasteiger partial charge in [0.05, 0.1) is 23.9 Å². The van der Waals surface area contributed by atoms with E-state index in [0.29, 0.717) is 6.54 Å². The minimum absolute atomic E-state index is 0.205. The SMILES string of the molecule is CNC(Cn1cnc2ccccc21)(C(=O)O)C1CC1. The van der Waals surface area contributed by atoms with Crippen LogP contribution in [-0.2, 0) is 11.3 Å². The lowest BCUT2D eigenvalue weighted by molar-refractivity contribution is -0.146. The molecule has 0 amide bonds. The zero-order valence-electron chi connectivity index (χ0n) is 10.8. The molecule has 1 aromatic carbocycles. The normalized spacial score (nSPS) is 18.4. The van der Waals surface area contributed by atoms with Gasteiger partial charge in [0.2, 0.25) is 0 Å². The molecule has 0 spiro atoms. The third-order valence-corrected chi connectivity index (χ3v) is 4.05. The van der Waals surface area contributed by atoms with E-state index in [-0.39, 0.29) is 5.92 Å². The standard InChI is InChI=1S/C14H17N3O2/c1-15-14(13(18)19,10-6-7-10)8-17-9-16-11-4-2-3-5-12(11)17/h2-5,9-10,15H,6-8H2,1H3,(H,18,19). The maximum atomic E-state index is 11.7. The molecule has 1 aliphatic rings. The van der Waals surface area contributed by atoms with Gasteiger partial charge in [-0.15, -0.1) is 0 Å². The molecule has 1 atom stereocenters. The lowest BCUT2D eigenvalue weighted by Gasteiger charge is -2.29. The van der Waals surface area contributed by atoms with E-state index < -0.39 is 11.5 Å². The van der Waals surface area contributed by atoms with E-state index in [1.165, 1.54) is 0 Å². The Bertz CT molecular complexity index is 618. The van der Waals surface area contributed by atoms with Gasteiger partial charge in [-0.2, -0.15) is 0 Å². The number of nitrogens with zero attached hydrogens (tertiary/aromatic N) is 2. The predicted molar refractivity (Wildman–Crippen MR) is 71.9 cm³/mol. The van der Waals surface area contributed by atoms with Crippen molar-refractivity contribution in [2.24, 2.45) is 5.92 Å². The number of likely N-dealkylation sites (N-methyl/N-ethyl adjacent to an activating group) is 1. The summed E-state index contributed by atoms with van der Waals surface area (Å²) in [4.78, 5) is 16.0. The Hall–Kier alpha value is -1.88. The van der Waals surface area contributed by atoms with Gasteiger partial charge in [0.1, 0.15) is 5.54 Å². The van der Waals surface area contributed by atoms with Crippen LogP contribution in [0.5, 0.6) is 0 Å². The molecule has 0 aliphatic heterocycles. The fourth-order valence-electron chi connectivity index (χ4n) is 2.74. The van der Waals surface area contributed by atoms with Gasteiger partial charge in [-0.25, -0.2) is 4.98 Å². The van der Waals surface area contributed by atoms with E-state index in [2.05, 4.69) is 10.3 Å². The highest BCUT2D eigenvalue weighted by Crippen LogP contribution is 2.41. The Morgan fingerprint density at radius 1 is 1.53 bits per heavy atom. The van der Waals surface area contributed by atoms with Gasteiger partial charge in [0.15, 0.2) is 0 Å². The first-order chi connectivity index (χ1) is 9.17. The molecule has 2 N–H and O–H groups in total. The van der Waals surface area contributed by atoms with Crippen LogP contribution in [0.2, 0.25) is 0 Å². The molecule has 2 aromatic rings. The summed E-state index contributed by atoms with van der Waals surface area (Å²) in [6, 6.07) is 7.78. The van der Waals surface area contributed by atoms with Crippen LogP contribution in [0.15, 0.2) is 30.6 Å². The maximum Gasteiger partial charge on any atom is 0.326 e. The largest absolute Gasteiger partial charge is 0.480 e. The van der Waals surface area contributed by atoms with Crippen LogP contribution in [0.1, 0.15) is 12.8 Å². The number of fused-ring (bicyclic) bond motifs is 1. The van der Waals surface area contributed by atoms with Gasteiger partial charge in [-0.1, -0.05) is 12.1 Å². The first kappa shape index (κ1) is 12.2. The summed E-state index contributed by atoms with van der Waals surface area (Å²) in [5, 5.41) is 12.6. The van der Waals surface area contributed by atoms with Gasteiger partial charge in [0, 0.05) is 0 Å². The highest BCUT2D eigenvalue weighted by atomic mass is 16.4. The summed E-state index contributed by atoms with van der Waals surface area (Å²) in [6.07, 6.45) is 3.67. The number of carboxylic acids is 1. The number of para-hydroxylation sites is 2. The fraction of sp³-hybridized carbons (Fsp3) is 0.429. The molecular weight excluding hydrogens is 242 g/mol. The fourth-order valence-corrected chi connectivity index (χ4v) is 2.74. The van der Waals surface area contributed by atoms with Crippen molar-refractivity contribution in [3.05, 3.63) is 30.6 Å². The zero-order chi connectivity index (χ0) is 13.5. The van der Waals surface area contributed by atoms with Crippen molar-refractivity contribution in [1.29, 1.82) is 0 Å². The molecule has 5 nitrogen and oxygen atoms in total. The van der Waals surface area contributed by atoms with Crippen molar-refractivity contribution in [2.75, 3.05) is 7.05 Å². The number of benzene rings is 1. The molecule has 1 aliphatic carbocycles. The second kappa shape index (κ2) is 4.35. The quantitative estimate of drug-likeness (QED) is 0.853. The molecule has 1 saturated carbocycles. The molecule has 1 unspecified atom stereocenters. The highest BCUT2D eigenvalue weighted by molar-refractivity contribution is 5.81. The van der Waals surface area contributed by atoms with Crippen LogP contribution in [0.25, 0.3) is 11.0 Å². The minimum Gasteiger partial charge on any atom is -0.480 e. The third-order valence-electron chi connectivity index (χ3n) is 4.05. The molecule has 3 rings (SSSR count). The smallest absolute Gasteiger partial charge is 0.326 e. The van der Waals surface area contributed by atoms with Gasteiger partial charge in [-0.3, -0.25) is 4.79 Å². The first-order valence-corrected chi connectivity index (χ1v) is 6.49. The summed E-state index contributed by atoms with van der Waals surface area (Å²) < 4.78 is 1.93. The molecule has 1 fully saturated rings. The number of hydrogen-bond donors (Lipinski definition) is 2. The topological polar surface area (TPSA) is 67.2 Å². The number of carboxylic acid groups (broad SMARTS) is 1. The second-order valence-corrected chi connectivity index (χ2v) is 5.16. The number of aromatic nitrogens is 2. The van der Waals surface area contributed by atoms with Crippen molar-refractivity contribution in [3.63, 3.8) is 0 Å². The molecule has 1 heterocycles. The Morgan fingerprint density at radius 3 is 2.89 bits per heavy atom. The van der Waals surface area contributed by atoms with Gasteiger partial charge < -0.3 is 15.0 Å². The Balaban J connectivity index is 2.00. The summed E-state index contributed by atoms with van der Waals surface area (Å²) >= 11 is 0. The van der Waals surface area contributed by atoms with E-state index in [4.69, 9.17) is 0 Å². The van der Waals surface area contributed by atoms with Gasteiger partial charge >= 0.3 is 5.97 Å². The molecule has 5 heteroatoms. The average Bonchev–Trinajstić information content (AvgIpc) is 3.19. The number of nitrogens with one attached hydrogen (secondary N) is 1.